The lowest BCUT2D eigenvalue weighted by molar-refractivity contribution is -0.143. The smallest absolute Gasteiger partial charge is 0.416 e. The van der Waals surface area contributed by atoms with Crippen LogP contribution in [0.2, 0.25) is 0 Å². The monoisotopic (exact) mass is 568 g/mol. The van der Waals surface area contributed by atoms with E-state index in [9.17, 15) is 26.3 Å². The molecule has 0 bridgehead atoms. The molecule has 0 aliphatic carbocycles. The highest BCUT2D eigenvalue weighted by molar-refractivity contribution is 7.95. The quantitative estimate of drug-likeness (QED) is 0.250. The second-order valence-electron chi connectivity index (χ2n) is 7.84. The fraction of sp³-hybridized carbons (Fsp3) is 0.111. The summed E-state index contributed by atoms with van der Waals surface area (Å²) in [6, 6.07) is 29.7. The highest BCUT2D eigenvalue weighted by Gasteiger charge is 2.48. The summed E-state index contributed by atoms with van der Waals surface area (Å²) in [5.41, 5.74) is -2.73. The van der Waals surface area contributed by atoms with E-state index in [0.29, 0.717) is 0 Å². The Kier molecular flexibility index (Phi) is 8.13. The van der Waals surface area contributed by atoms with Gasteiger partial charge in [-0.15, -0.1) is 0 Å². The van der Waals surface area contributed by atoms with Gasteiger partial charge in [-0.2, -0.15) is 26.3 Å². The van der Waals surface area contributed by atoms with Crippen LogP contribution in [-0.2, 0) is 18.5 Å². The Morgan fingerprint density at radius 2 is 0.914 bits per heavy atom. The number of benzene rings is 4. The zero-order valence-corrected chi connectivity index (χ0v) is 20.7. The molecule has 0 aliphatic heterocycles. The average molecular weight is 569 g/mol. The number of rotatable bonds is 5. The molecule has 0 nitrogen and oxygen atoms in total. The Balaban J connectivity index is 0.00000342. The Labute approximate surface area is 210 Å². The lowest BCUT2D eigenvalue weighted by Crippen LogP contribution is -3.00. The Bertz CT molecular complexity index is 1140. The molecule has 0 saturated heterocycles. The van der Waals surface area contributed by atoms with Crippen LogP contribution in [0.5, 0.6) is 0 Å². The number of halogens is 7. The molecule has 35 heavy (non-hydrogen) atoms. The molecule has 0 aromatic heterocycles. The number of alkyl halides is 6. The summed E-state index contributed by atoms with van der Waals surface area (Å²) >= 11 is 0. The average Bonchev–Trinajstić information content (AvgIpc) is 2.83. The van der Waals surface area contributed by atoms with Gasteiger partial charge in [-0.3, -0.25) is 0 Å². The van der Waals surface area contributed by atoms with Crippen LogP contribution in [0.3, 0.4) is 0 Å². The molecule has 4 aromatic rings. The molecule has 0 radical (unpaired) electrons. The van der Waals surface area contributed by atoms with Crippen LogP contribution >= 0.6 is 7.26 Å². The normalized spacial score (nSPS) is 12.2. The summed E-state index contributed by atoms with van der Waals surface area (Å²) in [6.07, 6.45) is -9.88. The van der Waals surface area contributed by atoms with Crippen molar-refractivity contribution in [2.75, 3.05) is 0 Å². The fourth-order valence-corrected chi connectivity index (χ4v) is 8.45. The predicted octanol–water partition coefficient (Wildman–Crippen LogP) is 4.22. The van der Waals surface area contributed by atoms with E-state index < -0.39 is 30.7 Å². The maximum absolute atomic E-state index is 14.0. The van der Waals surface area contributed by atoms with Crippen molar-refractivity contribution >= 4 is 23.2 Å². The molecule has 0 fully saturated rings. The minimum Gasteiger partial charge on any atom is -1.00 e. The number of hydrogen-bond acceptors (Lipinski definition) is 0. The lowest BCUT2D eigenvalue weighted by Gasteiger charge is -2.29. The summed E-state index contributed by atoms with van der Waals surface area (Å²) in [4.78, 5) is 0. The first-order chi connectivity index (χ1) is 16.1. The van der Waals surface area contributed by atoms with Gasteiger partial charge in [0.1, 0.15) is 23.2 Å². The van der Waals surface area contributed by atoms with E-state index in [0.717, 1.165) is 28.0 Å². The Hall–Kier alpha value is -2.63. The van der Waals surface area contributed by atoms with Crippen molar-refractivity contribution in [1.82, 2.24) is 0 Å². The van der Waals surface area contributed by atoms with E-state index in [1.165, 1.54) is 0 Å². The van der Waals surface area contributed by atoms with E-state index in [1.807, 2.05) is 91.0 Å². The van der Waals surface area contributed by atoms with Gasteiger partial charge >= 0.3 is 12.4 Å². The molecule has 0 atom stereocenters. The first-order valence-corrected chi connectivity index (χ1v) is 12.4. The van der Waals surface area contributed by atoms with Crippen molar-refractivity contribution in [2.24, 2.45) is 0 Å². The van der Waals surface area contributed by atoms with Gasteiger partial charge in [-0.25, -0.2) is 0 Å². The zero-order valence-electron chi connectivity index (χ0n) is 18.2. The van der Waals surface area contributed by atoms with Crippen molar-refractivity contribution in [1.29, 1.82) is 0 Å². The molecule has 0 amide bonds. The van der Waals surface area contributed by atoms with Gasteiger partial charge in [0.05, 0.1) is 17.3 Å². The van der Waals surface area contributed by atoms with Gasteiger partial charge in [0.2, 0.25) is 0 Å². The lowest BCUT2D eigenvalue weighted by atomic mass is 10.0. The molecule has 4 rings (SSSR count). The molecular weight excluding hydrogens is 549 g/mol. The van der Waals surface area contributed by atoms with Crippen molar-refractivity contribution in [3.8, 4) is 0 Å². The summed E-state index contributed by atoms with van der Waals surface area (Å²) in [6.45, 7) is 0. The van der Waals surface area contributed by atoms with E-state index >= 15 is 0 Å². The molecule has 0 heterocycles. The van der Waals surface area contributed by atoms with Gasteiger partial charge < -0.3 is 17.0 Å². The largest absolute Gasteiger partial charge is 1.00 e. The first-order valence-electron chi connectivity index (χ1n) is 10.4. The molecule has 182 valence electrons. The molecule has 0 unspecified atom stereocenters. The van der Waals surface area contributed by atoms with Crippen LogP contribution in [0.4, 0.5) is 26.3 Å². The summed E-state index contributed by atoms with van der Waals surface area (Å²) in [5.74, 6) is 0. The van der Waals surface area contributed by atoms with Crippen LogP contribution in [0, 0.1) is 0 Å². The molecule has 8 heteroatoms. The number of hydrogen-bond donors (Lipinski definition) is 0. The van der Waals surface area contributed by atoms with Crippen LogP contribution in [0.25, 0.3) is 0 Å². The predicted molar refractivity (Wildman–Crippen MR) is 125 cm³/mol. The van der Waals surface area contributed by atoms with Gasteiger partial charge in [0, 0.05) is 5.56 Å². The summed E-state index contributed by atoms with van der Waals surface area (Å²) < 4.78 is 81.9. The molecule has 0 saturated carbocycles. The van der Waals surface area contributed by atoms with Crippen molar-refractivity contribution in [3.63, 3.8) is 0 Å². The molecule has 0 spiro atoms. The highest BCUT2D eigenvalue weighted by Crippen LogP contribution is 2.59. The summed E-state index contributed by atoms with van der Waals surface area (Å²) in [5, 5.41) is 2.54. The van der Waals surface area contributed by atoms with Crippen LogP contribution < -0.4 is 32.9 Å². The molecule has 0 aliphatic rings. The standard InChI is InChI=1S/C27H20F6P.BrH/c28-26(29,30)21-17-16-20(25(18-21)27(31,32)33)19-34(22-10-4-1-5-11-22,23-12-6-2-7-13-23)24-14-8-3-9-15-24;/h1-18H,19H2;1H/q+1;/p-1. The Morgan fingerprint density at radius 3 is 1.26 bits per heavy atom. The topological polar surface area (TPSA) is 0 Å². The van der Waals surface area contributed by atoms with Crippen LogP contribution in [-0.4, -0.2) is 0 Å². The Morgan fingerprint density at radius 1 is 0.514 bits per heavy atom. The molecule has 0 N–H and O–H groups in total. The van der Waals surface area contributed by atoms with Gasteiger partial charge in [0.25, 0.3) is 0 Å². The van der Waals surface area contributed by atoms with E-state index in [-0.39, 0.29) is 34.8 Å². The minimum absolute atomic E-state index is 0. The highest BCUT2D eigenvalue weighted by atomic mass is 79.9. The van der Waals surface area contributed by atoms with E-state index in [2.05, 4.69) is 0 Å². The third kappa shape index (κ3) is 5.62. The second-order valence-corrected chi connectivity index (χ2v) is 11.3. The van der Waals surface area contributed by atoms with Crippen molar-refractivity contribution < 1.29 is 43.3 Å². The fourth-order valence-electron chi connectivity index (χ4n) is 4.18. The van der Waals surface area contributed by atoms with Gasteiger partial charge in [-0.05, 0) is 48.5 Å². The van der Waals surface area contributed by atoms with Crippen LogP contribution in [0.15, 0.2) is 109 Å². The maximum Gasteiger partial charge on any atom is 0.416 e. The van der Waals surface area contributed by atoms with Crippen molar-refractivity contribution in [2.45, 2.75) is 18.5 Å². The minimum atomic E-state index is -4.93. The second kappa shape index (κ2) is 10.5. The third-order valence-corrected chi connectivity index (χ3v) is 10.1. The van der Waals surface area contributed by atoms with Crippen LogP contribution in [0.1, 0.15) is 16.7 Å². The zero-order chi connectivity index (χ0) is 24.4. The van der Waals surface area contributed by atoms with Gasteiger partial charge in [0.15, 0.2) is 0 Å². The van der Waals surface area contributed by atoms with E-state index in [4.69, 9.17) is 0 Å². The van der Waals surface area contributed by atoms with Crippen molar-refractivity contribution in [3.05, 3.63) is 126 Å². The SMILES string of the molecule is FC(F)(F)c1ccc(C[P+](c2ccccc2)(c2ccccc2)c2ccccc2)c(C(F)(F)F)c1.[Br-]. The molecular formula is C27H20BrF6P. The molecule has 4 aromatic carbocycles. The maximum atomic E-state index is 14.0. The first kappa shape index (κ1) is 27.0. The third-order valence-electron chi connectivity index (χ3n) is 5.74. The summed E-state index contributed by atoms with van der Waals surface area (Å²) in [7, 11) is -2.71. The van der Waals surface area contributed by atoms with E-state index in [1.54, 1.807) is 0 Å². The van der Waals surface area contributed by atoms with Gasteiger partial charge in [-0.1, -0.05) is 60.7 Å².